The summed E-state index contributed by atoms with van der Waals surface area (Å²) in [6, 6.07) is 22.4. The van der Waals surface area contributed by atoms with E-state index in [1.807, 2.05) is 71.4 Å². The van der Waals surface area contributed by atoms with Gasteiger partial charge >= 0.3 is 0 Å². The maximum absolute atomic E-state index is 13.1. The number of amides is 4. The number of hydrogen-bond acceptors (Lipinski definition) is 14. The van der Waals surface area contributed by atoms with Crippen molar-refractivity contribution in [2.24, 2.45) is 11.7 Å². The molecule has 4 N–H and O–H groups in total. The third kappa shape index (κ3) is 12.6. The number of primary amides is 1. The Morgan fingerprint density at radius 3 is 2.07 bits per heavy atom. The van der Waals surface area contributed by atoms with Crippen LogP contribution in [-0.4, -0.2) is 147 Å². The third-order valence-electron chi connectivity index (χ3n) is 12.6. The highest BCUT2D eigenvalue weighted by molar-refractivity contribution is 7.99. The zero-order chi connectivity index (χ0) is 46.4. The minimum Gasteiger partial charge on any atom is -0.457 e. The van der Waals surface area contributed by atoms with Crippen LogP contribution in [0.1, 0.15) is 64.4 Å². The number of nitrogens with one attached hydrogen (secondary N) is 2. The molecule has 2 saturated heterocycles. The molecule has 4 amide bonds. The van der Waals surface area contributed by atoms with Crippen LogP contribution in [0.25, 0.3) is 11.3 Å². The van der Waals surface area contributed by atoms with Crippen LogP contribution < -0.4 is 21.1 Å². The minimum absolute atomic E-state index is 0.170. The summed E-state index contributed by atoms with van der Waals surface area (Å²) in [7, 11) is 0. The highest BCUT2D eigenvalue weighted by Crippen LogP contribution is 2.40. The van der Waals surface area contributed by atoms with Crippen LogP contribution in [0.3, 0.4) is 0 Å². The van der Waals surface area contributed by atoms with Crippen LogP contribution in [0, 0.1) is 5.92 Å². The number of carbonyl (C=O) groups excluding carboxylic acids is 4. The number of para-hydroxylation sites is 1. The van der Waals surface area contributed by atoms with Gasteiger partial charge in [0.1, 0.15) is 34.6 Å². The molecule has 0 saturated carbocycles. The van der Waals surface area contributed by atoms with Crippen LogP contribution >= 0.6 is 11.8 Å². The number of nitrogens with two attached hydrogens (primary N) is 1. The molecular formula is C49H61N7O10S. The molecule has 4 aromatic rings. The van der Waals surface area contributed by atoms with Crippen molar-refractivity contribution in [3.63, 3.8) is 0 Å². The van der Waals surface area contributed by atoms with Gasteiger partial charge in [0.25, 0.3) is 11.8 Å². The number of nitrogens with zero attached hydrogens (tertiary/aromatic N) is 4. The monoisotopic (exact) mass is 939 g/mol. The van der Waals surface area contributed by atoms with Crippen LogP contribution in [0.4, 0.5) is 5.82 Å². The molecule has 4 aliphatic heterocycles. The van der Waals surface area contributed by atoms with Crippen LogP contribution in [0.15, 0.2) is 77.7 Å². The lowest BCUT2D eigenvalue weighted by atomic mass is 9.87. The van der Waals surface area contributed by atoms with Crippen LogP contribution in [0.2, 0.25) is 0 Å². The topological polar surface area (TPSA) is 198 Å². The fraction of sp³-hybridized carbons (Fsp3) is 0.490. The Morgan fingerprint density at radius 2 is 1.40 bits per heavy atom. The average molecular weight is 940 g/mol. The fourth-order valence-corrected chi connectivity index (χ4v) is 10.1. The van der Waals surface area contributed by atoms with E-state index in [2.05, 4.69) is 15.5 Å². The number of anilines is 1. The van der Waals surface area contributed by atoms with Gasteiger partial charge in [-0.25, -0.2) is 4.68 Å². The van der Waals surface area contributed by atoms with E-state index < -0.39 is 17.9 Å². The first kappa shape index (κ1) is 48.1. The zero-order valence-corrected chi connectivity index (χ0v) is 38.7. The molecule has 0 spiro atoms. The van der Waals surface area contributed by atoms with Gasteiger partial charge in [-0.15, -0.1) is 11.8 Å². The highest BCUT2D eigenvalue weighted by atomic mass is 32.2. The van der Waals surface area contributed by atoms with Crippen molar-refractivity contribution < 1.29 is 47.6 Å². The molecule has 67 heavy (non-hydrogen) atoms. The number of thioether (sulfide) groups is 1. The predicted molar refractivity (Wildman–Crippen MR) is 251 cm³/mol. The maximum Gasteiger partial charge on any atom is 0.255 e. The summed E-state index contributed by atoms with van der Waals surface area (Å²) in [5.41, 5.74) is 9.32. The summed E-state index contributed by atoms with van der Waals surface area (Å²) >= 11 is 1.62. The Labute approximate surface area is 395 Å². The summed E-state index contributed by atoms with van der Waals surface area (Å²) in [5.74, 6) is 1.94. The zero-order valence-electron chi connectivity index (χ0n) is 37.9. The number of hydrogen-bond donors (Lipinski definition) is 3. The normalized spacial score (nSPS) is 18.7. The summed E-state index contributed by atoms with van der Waals surface area (Å²) in [6.45, 7) is 8.98. The van der Waals surface area contributed by atoms with Crippen LogP contribution in [-0.2, 0) is 39.8 Å². The molecule has 17 nitrogen and oxygen atoms in total. The first-order valence-corrected chi connectivity index (χ1v) is 24.3. The molecule has 8 rings (SSSR count). The van der Waals surface area contributed by atoms with E-state index in [-0.39, 0.29) is 24.3 Å². The van der Waals surface area contributed by atoms with Crippen molar-refractivity contribution in [2.45, 2.75) is 55.6 Å². The molecule has 2 atom stereocenters. The first-order valence-electron chi connectivity index (χ1n) is 23.3. The van der Waals surface area contributed by atoms with Gasteiger partial charge in [-0.1, -0.05) is 24.3 Å². The van der Waals surface area contributed by atoms with Gasteiger partial charge in [-0.05, 0) is 98.8 Å². The van der Waals surface area contributed by atoms with E-state index in [9.17, 15) is 19.2 Å². The molecule has 0 aliphatic carbocycles. The van der Waals surface area contributed by atoms with E-state index >= 15 is 0 Å². The Balaban J connectivity index is 0.628. The molecule has 358 valence electrons. The summed E-state index contributed by atoms with van der Waals surface area (Å²) in [5, 5.41) is 10.8. The van der Waals surface area contributed by atoms with E-state index in [0.717, 1.165) is 67.2 Å². The largest absolute Gasteiger partial charge is 0.457 e. The Bertz CT molecular complexity index is 2290. The number of rotatable bonds is 25. The van der Waals surface area contributed by atoms with Crippen molar-refractivity contribution in [3.8, 4) is 22.8 Å². The summed E-state index contributed by atoms with van der Waals surface area (Å²) in [6.07, 6.45) is 3.59. The van der Waals surface area contributed by atoms with Gasteiger partial charge in [0, 0.05) is 47.8 Å². The lowest BCUT2D eigenvalue weighted by Crippen LogP contribution is -2.52. The molecule has 0 radical (unpaired) electrons. The second kappa shape index (κ2) is 24.1. The summed E-state index contributed by atoms with van der Waals surface area (Å²) < 4.78 is 36.5. The fourth-order valence-electron chi connectivity index (χ4n) is 9.12. The lowest BCUT2D eigenvalue weighted by molar-refractivity contribution is -0.136. The lowest BCUT2D eigenvalue weighted by Gasteiger charge is -2.38. The number of fused-ring (bicyclic) bond motifs is 2. The average Bonchev–Trinajstić information content (AvgIpc) is 3.90. The van der Waals surface area contributed by atoms with E-state index in [0.29, 0.717) is 119 Å². The van der Waals surface area contributed by atoms with Crippen molar-refractivity contribution in [3.05, 3.63) is 89.5 Å². The third-order valence-corrected chi connectivity index (χ3v) is 13.6. The first-order chi connectivity index (χ1) is 32.8. The van der Waals surface area contributed by atoms with Crippen LogP contribution in [0.5, 0.6) is 11.5 Å². The van der Waals surface area contributed by atoms with E-state index in [1.54, 1.807) is 22.7 Å². The minimum atomic E-state index is -0.625. The Hall–Kier alpha value is -5.34. The van der Waals surface area contributed by atoms with Gasteiger partial charge in [0.05, 0.1) is 72.1 Å². The summed E-state index contributed by atoms with van der Waals surface area (Å²) in [4.78, 5) is 54.8. The van der Waals surface area contributed by atoms with Crippen molar-refractivity contribution in [2.75, 3.05) is 103 Å². The smallest absolute Gasteiger partial charge is 0.255 e. The number of imide groups is 1. The number of likely N-dealkylation sites (tertiary alicyclic amines) is 1. The molecule has 18 heteroatoms. The molecule has 4 aliphatic rings. The number of piperidine rings is 2. The molecule has 2 fully saturated rings. The predicted octanol–water partition coefficient (Wildman–Crippen LogP) is 5.15. The maximum atomic E-state index is 13.1. The van der Waals surface area contributed by atoms with Crippen molar-refractivity contribution in [1.29, 1.82) is 0 Å². The number of benzene rings is 3. The number of aromatic nitrogens is 2. The second-order valence-corrected chi connectivity index (χ2v) is 18.0. The second-order valence-electron chi connectivity index (χ2n) is 16.9. The molecular weight excluding hydrogens is 879 g/mol. The Morgan fingerprint density at radius 1 is 0.746 bits per heavy atom. The molecule has 2 unspecified atom stereocenters. The van der Waals surface area contributed by atoms with E-state index in [4.69, 9.17) is 39.3 Å². The number of carbonyl (C=O) groups is 4. The van der Waals surface area contributed by atoms with Gasteiger partial charge in [-0.2, -0.15) is 5.10 Å². The Kier molecular flexibility index (Phi) is 17.3. The van der Waals surface area contributed by atoms with Crippen molar-refractivity contribution >= 4 is 41.2 Å². The van der Waals surface area contributed by atoms with Crippen molar-refractivity contribution in [1.82, 2.24) is 24.9 Å². The van der Waals surface area contributed by atoms with Gasteiger partial charge in [0.2, 0.25) is 11.8 Å². The van der Waals surface area contributed by atoms with Gasteiger partial charge in [0.15, 0.2) is 0 Å². The quantitative estimate of drug-likeness (QED) is 0.0448. The standard InChI is InChI=1S/C49H61N7O10S/c50-46(58)44-45(35-9-11-37(12-10-35)66-36-5-2-1-3-6-36)53-56-40(15-18-51-47(44)56)34-16-19-54(20-17-34)21-22-61-23-24-62-25-26-63-27-28-64-29-30-65-31-32-67-42-8-4-7-38-39(42)33-55(49(38)60)41-13-14-43(57)52-48(41)59/h1-12,34,40-41,51H,13-33H2,(H2,50,58)(H,52,57,59). The van der Waals surface area contributed by atoms with Gasteiger partial charge < -0.3 is 49.3 Å². The SMILES string of the molecule is NC(=O)c1c(-c2ccc(Oc3ccccc3)cc2)nn2c1NCCC2C1CCN(CCOCCOCCOCCOCCOCCSc2cccc3c2CN(C2CCC(=O)NC2=O)C3=O)CC1. The number of ether oxygens (including phenoxy) is 6. The molecule has 0 bridgehead atoms. The van der Waals surface area contributed by atoms with Gasteiger partial charge in [-0.3, -0.25) is 24.5 Å². The molecule has 1 aromatic heterocycles. The molecule has 3 aromatic carbocycles. The molecule has 5 heterocycles. The van der Waals surface area contributed by atoms with E-state index in [1.165, 1.54) is 0 Å². The highest BCUT2D eigenvalue weighted by Gasteiger charge is 2.40.